The van der Waals surface area contributed by atoms with E-state index < -0.39 is 0 Å². The summed E-state index contributed by atoms with van der Waals surface area (Å²) < 4.78 is 5.57. The summed E-state index contributed by atoms with van der Waals surface area (Å²) in [6, 6.07) is 13.4. The van der Waals surface area contributed by atoms with Crippen LogP contribution in [0.25, 0.3) is 0 Å². The number of aryl methyl sites for hydroxylation is 2. The van der Waals surface area contributed by atoms with E-state index in [1.807, 2.05) is 23.2 Å². The highest BCUT2D eigenvalue weighted by atomic mass is 32.1. The van der Waals surface area contributed by atoms with E-state index in [-0.39, 0.29) is 5.91 Å². The summed E-state index contributed by atoms with van der Waals surface area (Å²) in [4.78, 5) is 23.0. The van der Waals surface area contributed by atoms with Crippen molar-refractivity contribution in [3.8, 4) is 5.88 Å². The minimum atomic E-state index is 0.161. The standard InChI is InChI=1S/C32H41N3O2S/c1-20-17-21(2)34-31(37-5)27(20)19-35-16-15-28-29(32(35)36)23(4)30(38-28)22(3)25-11-13-26(14-12-25)33-18-24-9-7-6-8-10-24/h6-10,17,22,25-26,33H,11-16,18-19H2,1-5H3/t22?,25-,26-. The second-order valence-corrected chi connectivity index (χ2v) is 12.3. The highest BCUT2D eigenvalue weighted by Gasteiger charge is 2.34. The zero-order chi connectivity index (χ0) is 26.8. The monoisotopic (exact) mass is 531 g/mol. The Morgan fingerprint density at radius 2 is 1.87 bits per heavy atom. The Hall–Kier alpha value is -2.70. The normalized spacial score (nSPS) is 20.3. The summed E-state index contributed by atoms with van der Waals surface area (Å²) in [7, 11) is 1.66. The van der Waals surface area contributed by atoms with E-state index in [4.69, 9.17) is 4.74 Å². The largest absolute Gasteiger partial charge is 0.481 e. The lowest BCUT2D eigenvalue weighted by Gasteiger charge is -2.33. The number of carbonyl (C=O) groups is 1. The van der Waals surface area contributed by atoms with E-state index in [1.165, 1.54) is 46.6 Å². The molecule has 5 rings (SSSR count). The number of pyridine rings is 1. The van der Waals surface area contributed by atoms with Crippen molar-refractivity contribution in [3.63, 3.8) is 0 Å². The molecular formula is C32H41N3O2S. The van der Waals surface area contributed by atoms with Crippen molar-refractivity contribution in [1.82, 2.24) is 15.2 Å². The molecule has 1 unspecified atom stereocenters. The average Bonchev–Trinajstić information content (AvgIpc) is 3.27. The highest BCUT2D eigenvalue weighted by molar-refractivity contribution is 7.12. The molecule has 0 spiro atoms. The molecule has 202 valence electrons. The molecule has 1 atom stereocenters. The number of aromatic nitrogens is 1. The number of benzene rings is 1. The first-order valence-electron chi connectivity index (χ1n) is 14.1. The molecule has 3 aromatic rings. The predicted octanol–water partition coefficient (Wildman–Crippen LogP) is 6.73. The zero-order valence-electron chi connectivity index (χ0n) is 23.5. The first-order chi connectivity index (χ1) is 18.4. The molecule has 5 nitrogen and oxygen atoms in total. The fraction of sp³-hybridized carbons (Fsp3) is 0.500. The van der Waals surface area contributed by atoms with Crippen LogP contribution in [0.4, 0.5) is 0 Å². The molecule has 1 fully saturated rings. The Labute approximate surface area is 231 Å². The quantitative estimate of drug-likeness (QED) is 0.350. The first-order valence-corrected chi connectivity index (χ1v) is 14.9. The molecule has 1 amide bonds. The molecule has 1 N–H and O–H groups in total. The van der Waals surface area contributed by atoms with Crippen LogP contribution >= 0.6 is 11.3 Å². The SMILES string of the molecule is COc1nc(C)cc(C)c1CN1CCc2sc(C(C)[C@H]3CC[C@H](NCc4ccccc4)CC3)c(C)c2C1=O. The Kier molecular flexibility index (Phi) is 8.20. The number of hydrogen-bond acceptors (Lipinski definition) is 5. The molecule has 1 aliphatic heterocycles. The van der Waals surface area contributed by atoms with Crippen molar-refractivity contribution in [2.45, 2.75) is 84.8 Å². The number of nitrogens with one attached hydrogen (secondary N) is 1. The van der Waals surface area contributed by atoms with Crippen molar-refractivity contribution in [2.75, 3.05) is 13.7 Å². The van der Waals surface area contributed by atoms with Crippen LogP contribution in [0.3, 0.4) is 0 Å². The van der Waals surface area contributed by atoms with Crippen LogP contribution in [0, 0.1) is 26.7 Å². The summed E-state index contributed by atoms with van der Waals surface area (Å²) in [6.45, 7) is 10.9. The third-order valence-corrected chi connectivity index (χ3v) is 10.2. The average molecular weight is 532 g/mol. The third-order valence-electron chi connectivity index (χ3n) is 8.68. The maximum Gasteiger partial charge on any atom is 0.255 e. The zero-order valence-corrected chi connectivity index (χ0v) is 24.3. The van der Waals surface area contributed by atoms with Gasteiger partial charge in [0.25, 0.3) is 5.91 Å². The lowest BCUT2D eigenvalue weighted by atomic mass is 9.77. The van der Waals surface area contributed by atoms with Crippen LogP contribution < -0.4 is 10.1 Å². The van der Waals surface area contributed by atoms with Gasteiger partial charge in [0.15, 0.2) is 0 Å². The molecule has 38 heavy (non-hydrogen) atoms. The fourth-order valence-electron chi connectivity index (χ4n) is 6.41. The number of rotatable bonds is 8. The Bertz CT molecular complexity index is 1280. The van der Waals surface area contributed by atoms with E-state index >= 15 is 0 Å². The Morgan fingerprint density at radius 1 is 1.13 bits per heavy atom. The number of methoxy groups -OCH3 is 1. The van der Waals surface area contributed by atoms with Gasteiger partial charge >= 0.3 is 0 Å². The predicted molar refractivity (Wildman–Crippen MR) is 155 cm³/mol. The Morgan fingerprint density at radius 3 is 2.58 bits per heavy atom. The maximum absolute atomic E-state index is 13.7. The number of carbonyl (C=O) groups excluding carboxylic acids is 1. The third kappa shape index (κ3) is 5.52. The Balaban J connectivity index is 1.24. The van der Waals surface area contributed by atoms with Gasteiger partial charge in [0.2, 0.25) is 5.88 Å². The topological polar surface area (TPSA) is 54.5 Å². The second-order valence-electron chi connectivity index (χ2n) is 11.2. The van der Waals surface area contributed by atoms with Gasteiger partial charge in [-0.2, -0.15) is 0 Å². The summed E-state index contributed by atoms with van der Waals surface area (Å²) in [5, 5.41) is 3.77. The van der Waals surface area contributed by atoms with Gasteiger partial charge in [-0.3, -0.25) is 4.79 Å². The number of amides is 1. The van der Waals surface area contributed by atoms with Crippen molar-refractivity contribution >= 4 is 17.2 Å². The van der Waals surface area contributed by atoms with E-state index in [9.17, 15) is 4.79 Å². The van der Waals surface area contributed by atoms with Gasteiger partial charge in [-0.25, -0.2) is 4.98 Å². The summed E-state index contributed by atoms with van der Waals surface area (Å²) in [5.41, 5.74) is 6.59. The van der Waals surface area contributed by atoms with Gasteiger partial charge in [0, 0.05) is 46.6 Å². The van der Waals surface area contributed by atoms with E-state index in [2.05, 4.69) is 67.5 Å². The lowest BCUT2D eigenvalue weighted by Crippen LogP contribution is -2.37. The second kappa shape index (κ2) is 11.6. The summed E-state index contributed by atoms with van der Waals surface area (Å²) in [6.07, 6.45) is 5.87. The van der Waals surface area contributed by atoms with Crippen LogP contribution in [0.2, 0.25) is 0 Å². The number of ether oxygens (including phenoxy) is 1. The summed E-state index contributed by atoms with van der Waals surface area (Å²) >= 11 is 1.90. The van der Waals surface area contributed by atoms with Gasteiger partial charge < -0.3 is 15.0 Å². The van der Waals surface area contributed by atoms with Gasteiger partial charge in [0.05, 0.1) is 19.2 Å². The summed E-state index contributed by atoms with van der Waals surface area (Å²) in [5.74, 6) is 1.96. The van der Waals surface area contributed by atoms with Crippen LogP contribution in [0.5, 0.6) is 5.88 Å². The lowest BCUT2D eigenvalue weighted by molar-refractivity contribution is 0.0726. The molecule has 0 radical (unpaired) electrons. The van der Waals surface area contributed by atoms with Crippen LogP contribution in [0.15, 0.2) is 36.4 Å². The first kappa shape index (κ1) is 26.9. The van der Waals surface area contributed by atoms with Crippen LogP contribution in [-0.2, 0) is 19.5 Å². The van der Waals surface area contributed by atoms with Gasteiger partial charge in [-0.1, -0.05) is 37.3 Å². The number of fused-ring (bicyclic) bond motifs is 1. The van der Waals surface area contributed by atoms with Crippen molar-refractivity contribution in [3.05, 3.63) is 79.7 Å². The molecule has 6 heteroatoms. The van der Waals surface area contributed by atoms with Crippen molar-refractivity contribution in [2.24, 2.45) is 5.92 Å². The highest BCUT2D eigenvalue weighted by Crippen LogP contribution is 2.43. The van der Waals surface area contributed by atoms with E-state index in [1.54, 1.807) is 7.11 Å². The fourth-order valence-corrected chi connectivity index (χ4v) is 7.84. The molecule has 0 saturated heterocycles. The molecule has 2 aliphatic rings. The number of thiophene rings is 1. The smallest absolute Gasteiger partial charge is 0.255 e. The van der Waals surface area contributed by atoms with Gasteiger partial charge in [-0.05, 0) is 81.0 Å². The molecular weight excluding hydrogens is 490 g/mol. The number of nitrogens with zero attached hydrogens (tertiary/aromatic N) is 2. The maximum atomic E-state index is 13.7. The number of hydrogen-bond donors (Lipinski definition) is 1. The molecule has 3 heterocycles. The molecule has 2 aromatic heterocycles. The van der Waals surface area contributed by atoms with Crippen molar-refractivity contribution < 1.29 is 9.53 Å². The molecule has 1 aromatic carbocycles. The molecule has 0 bridgehead atoms. The van der Waals surface area contributed by atoms with Crippen molar-refractivity contribution in [1.29, 1.82) is 0 Å². The molecule has 1 aliphatic carbocycles. The minimum absolute atomic E-state index is 0.161. The molecule has 1 saturated carbocycles. The van der Waals surface area contributed by atoms with Gasteiger partial charge in [0.1, 0.15) is 0 Å². The minimum Gasteiger partial charge on any atom is -0.481 e. The van der Waals surface area contributed by atoms with E-state index in [0.717, 1.165) is 41.9 Å². The van der Waals surface area contributed by atoms with Crippen LogP contribution in [-0.4, -0.2) is 35.5 Å². The van der Waals surface area contributed by atoms with Gasteiger partial charge in [-0.15, -0.1) is 11.3 Å². The van der Waals surface area contributed by atoms with Crippen LogP contribution in [0.1, 0.15) is 86.6 Å². The van der Waals surface area contributed by atoms with E-state index in [0.29, 0.717) is 30.3 Å².